The standard InChI is InChI=1S/C22H24ClN7O3/c1-33-20-13-19(30-14-24-27-28-30)18(23)12-17(20)21(31)25-15-6-8-16(9-7-15)26-22(32)29-10-4-2-3-5-11-29/h6-9,12-14H,2-5,10-11H2,1H3,(H,25,31)(H,26,32). The third-order valence-electron chi connectivity index (χ3n) is 5.40. The molecule has 1 aliphatic rings. The number of likely N-dealkylation sites (tertiary alicyclic amines) is 1. The summed E-state index contributed by atoms with van der Waals surface area (Å²) in [6.07, 6.45) is 5.78. The van der Waals surface area contributed by atoms with Crippen LogP contribution < -0.4 is 15.4 Å². The summed E-state index contributed by atoms with van der Waals surface area (Å²) < 4.78 is 6.75. The van der Waals surface area contributed by atoms with Gasteiger partial charge in [-0.3, -0.25) is 4.79 Å². The van der Waals surface area contributed by atoms with Crippen molar-refractivity contribution in [1.82, 2.24) is 25.1 Å². The smallest absolute Gasteiger partial charge is 0.321 e. The number of carbonyl (C=O) groups is 2. The summed E-state index contributed by atoms with van der Waals surface area (Å²) in [4.78, 5) is 27.2. The van der Waals surface area contributed by atoms with Crippen LogP contribution in [0.4, 0.5) is 16.2 Å². The third-order valence-corrected chi connectivity index (χ3v) is 5.70. The predicted molar refractivity (Wildman–Crippen MR) is 124 cm³/mol. The largest absolute Gasteiger partial charge is 0.496 e. The highest BCUT2D eigenvalue weighted by atomic mass is 35.5. The van der Waals surface area contributed by atoms with Crippen molar-refractivity contribution in [2.24, 2.45) is 0 Å². The van der Waals surface area contributed by atoms with Gasteiger partial charge in [0.25, 0.3) is 5.91 Å². The molecule has 2 aromatic carbocycles. The summed E-state index contributed by atoms with van der Waals surface area (Å²) >= 11 is 6.34. The van der Waals surface area contributed by atoms with Gasteiger partial charge in [0.1, 0.15) is 12.1 Å². The Morgan fingerprint density at radius 1 is 1.00 bits per heavy atom. The van der Waals surface area contributed by atoms with E-state index in [0.29, 0.717) is 27.8 Å². The van der Waals surface area contributed by atoms with E-state index in [-0.39, 0.29) is 11.6 Å². The zero-order valence-corrected chi connectivity index (χ0v) is 18.9. The number of urea groups is 1. The summed E-state index contributed by atoms with van der Waals surface area (Å²) in [5.41, 5.74) is 1.97. The lowest BCUT2D eigenvalue weighted by Crippen LogP contribution is -2.35. The third kappa shape index (κ3) is 5.40. The number of methoxy groups -OCH3 is 1. The number of amides is 3. The first kappa shape index (κ1) is 22.5. The average Bonchev–Trinajstić information content (AvgIpc) is 3.21. The summed E-state index contributed by atoms with van der Waals surface area (Å²) in [7, 11) is 1.46. The molecule has 1 aliphatic heterocycles. The molecule has 11 heteroatoms. The van der Waals surface area contributed by atoms with E-state index in [1.165, 1.54) is 24.2 Å². The van der Waals surface area contributed by atoms with Gasteiger partial charge in [-0.05, 0) is 53.6 Å². The molecule has 1 saturated heterocycles. The minimum Gasteiger partial charge on any atom is -0.496 e. The van der Waals surface area contributed by atoms with Crippen LogP contribution >= 0.6 is 11.6 Å². The Hall–Kier alpha value is -3.66. The normalized spacial score (nSPS) is 13.8. The molecule has 4 rings (SSSR count). The van der Waals surface area contributed by atoms with Crippen molar-refractivity contribution < 1.29 is 14.3 Å². The van der Waals surface area contributed by atoms with Crippen molar-refractivity contribution in [2.75, 3.05) is 30.8 Å². The molecule has 2 N–H and O–H groups in total. The molecular formula is C22H24ClN7O3. The first-order valence-electron chi connectivity index (χ1n) is 10.6. The predicted octanol–water partition coefficient (Wildman–Crippen LogP) is 3.98. The Morgan fingerprint density at radius 3 is 2.27 bits per heavy atom. The molecule has 33 heavy (non-hydrogen) atoms. The lowest BCUT2D eigenvalue weighted by Gasteiger charge is -2.20. The van der Waals surface area contributed by atoms with Gasteiger partial charge in [0, 0.05) is 30.5 Å². The Labute approximate surface area is 195 Å². The molecule has 1 fully saturated rings. The fraction of sp³-hybridized carbons (Fsp3) is 0.318. The van der Waals surface area contributed by atoms with E-state index in [4.69, 9.17) is 16.3 Å². The number of benzene rings is 2. The van der Waals surface area contributed by atoms with Gasteiger partial charge in [0.05, 0.1) is 23.4 Å². The van der Waals surface area contributed by atoms with E-state index >= 15 is 0 Å². The molecule has 3 amide bonds. The molecule has 0 aliphatic carbocycles. The minimum atomic E-state index is -0.390. The van der Waals surface area contributed by atoms with Gasteiger partial charge < -0.3 is 20.3 Å². The van der Waals surface area contributed by atoms with E-state index in [9.17, 15) is 9.59 Å². The van der Waals surface area contributed by atoms with Crippen LogP contribution in [-0.4, -0.2) is 57.2 Å². The quantitative estimate of drug-likeness (QED) is 0.584. The van der Waals surface area contributed by atoms with Crippen molar-refractivity contribution in [2.45, 2.75) is 25.7 Å². The number of aromatic nitrogens is 4. The maximum atomic E-state index is 12.9. The van der Waals surface area contributed by atoms with Crippen LogP contribution in [0.5, 0.6) is 5.75 Å². The first-order chi connectivity index (χ1) is 16.0. The molecule has 10 nitrogen and oxygen atoms in total. The second-order valence-electron chi connectivity index (χ2n) is 7.62. The molecule has 0 atom stereocenters. The van der Waals surface area contributed by atoms with Gasteiger partial charge in [-0.2, -0.15) is 4.68 Å². The van der Waals surface area contributed by atoms with Crippen LogP contribution in [0.1, 0.15) is 36.0 Å². The Balaban J connectivity index is 1.43. The first-order valence-corrected chi connectivity index (χ1v) is 11.0. The number of hydrogen-bond donors (Lipinski definition) is 2. The second kappa shape index (κ2) is 10.3. The van der Waals surface area contributed by atoms with Crippen LogP contribution in [0.25, 0.3) is 5.69 Å². The summed E-state index contributed by atoms with van der Waals surface area (Å²) in [5, 5.41) is 17.0. The molecule has 0 unspecified atom stereocenters. The lowest BCUT2D eigenvalue weighted by atomic mass is 10.1. The SMILES string of the molecule is COc1cc(-n2cnnn2)c(Cl)cc1C(=O)Nc1ccc(NC(=O)N2CCCCCC2)cc1. The van der Waals surface area contributed by atoms with Crippen molar-refractivity contribution in [3.63, 3.8) is 0 Å². The number of nitrogens with one attached hydrogen (secondary N) is 2. The Bertz CT molecular complexity index is 1110. The number of carbonyl (C=O) groups excluding carboxylic acids is 2. The highest BCUT2D eigenvalue weighted by molar-refractivity contribution is 6.33. The highest BCUT2D eigenvalue weighted by Crippen LogP contribution is 2.30. The maximum absolute atomic E-state index is 12.9. The monoisotopic (exact) mass is 469 g/mol. The van der Waals surface area contributed by atoms with Crippen molar-refractivity contribution in [3.05, 3.63) is 53.3 Å². The van der Waals surface area contributed by atoms with E-state index in [1.807, 2.05) is 4.90 Å². The van der Waals surface area contributed by atoms with Crippen molar-refractivity contribution >= 4 is 34.9 Å². The van der Waals surface area contributed by atoms with Gasteiger partial charge in [-0.1, -0.05) is 24.4 Å². The zero-order valence-electron chi connectivity index (χ0n) is 18.1. The molecular weight excluding hydrogens is 446 g/mol. The second-order valence-corrected chi connectivity index (χ2v) is 8.03. The topological polar surface area (TPSA) is 114 Å². The number of tetrazole rings is 1. The van der Waals surface area contributed by atoms with Gasteiger partial charge >= 0.3 is 6.03 Å². The van der Waals surface area contributed by atoms with Gasteiger partial charge in [-0.15, -0.1) is 5.10 Å². The maximum Gasteiger partial charge on any atom is 0.321 e. The fourth-order valence-electron chi connectivity index (χ4n) is 3.65. The molecule has 3 aromatic rings. The van der Waals surface area contributed by atoms with Gasteiger partial charge in [-0.25, -0.2) is 4.79 Å². The zero-order chi connectivity index (χ0) is 23.2. The number of ether oxygens (including phenoxy) is 1. The Kier molecular flexibility index (Phi) is 7.04. The summed E-state index contributed by atoms with van der Waals surface area (Å²) in [6, 6.07) is 9.93. The fourth-order valence-corrected chi connectivity index (χ4v) is 3.90. The van der Waals surface area contributed by atoms with Crippen LogP contribution in [-0.2, 0) is 0 Å². The highest BCUT2D eigenvalue weighted by Gasteiger charge is 2.18. The van der Waals surface area contributed by atoms with Crippen LogP contribution in [0, 0.1) is 0 Å². The Morgan fingerprint density at radius 2 is 1.67 bits per heavy atom. The van der Waals surface area contributed by atoms with Crippen molar-refractivity contribution in [1.29, 1.82) is 0 Å². The number of halogens is 1. The summed E-state index contributed by atoms with van der Waals surface area (Å²) in [5.74, 6) is -0.0675. The van der Waals surface area contributed by atoms with E-state index in [0.717, 1.165) is 38.8 Å². The lowest BCUT2D eigenvalue weighted by molar-refractivity contribution is 0.102. The van der Waals surface area contributed by atoms with Crippen LogP contribution in [0.3, 0.4) is 0 Å². The van der Waals surface area contributed by atoms with Gasteiger partial charge in [0.15, 0.2) is 0 Å². The van der Waals surface area contributed by atoms with E-state index in [2.05, 4.69) is 26.2 Å². The number of hydrogen-bond acceptors (Lipinski definition) is 6. The van der Waals surface area contributed by atoms with Gasteiger partial charge in [0.2, 0.25) is 0 Å². The average molecular weight is 470 g/mol. The van der Waals surface area contributed by atoms with E-state index < -0.39 is 5.91 Å². The molecule has 2 heterocycles. The molecule has 0 saturated carbocycles. The van der Waals surface area contributed by atoms with Crippen LogP contribution in [0.15, 0.2) is 42.7 Å². The van der Waals surface area contributed by atoms with Crippen LogP contribution in [0.2, 0.25) is 5.02 Å². The molecule has 0 spiro atoms. The molecule has 1 aromatic heterocycles. The minimum absolute atomic E-state index is 0.101. The molecule has 0 bridgehead atoms. The summed E-state index contributed by atoms with van der Waals surface area (Å²) in [6.45, 7) is 1.55. The number of anilines is 2. The number of nitrogens with zero attached hydrogens (tertiary/aromatic N) is 5. The van der Waals surface area contributed by atoms with Crippen molar-refractivity contribution in [3.8, 4) is 11.4 Å². The molecule has 172 valence electrons. The number of rotatable bonds is 5. The van der Waals surface area contributed by atoms with E-state index in [1.54, 1.807) is 30.3 Å². The molecule has 0 radical (unpaired) electrons.